The Kier molecular flexibility index (Phi) is 4.83. The molecule has 29 heavy (non-hydrogen) atoms. The van der Waals surface area contributed by atoms with Gasteiger partial charge in [-0.2, -0.15) is 0 Å². The summed E-state index contributed by atoms with van der Waals surface area (Å²) in [6, 6.07) is 0. The van der Waals surface area contributed by atoms with Gasteiger partial charge in [-0.15, -0.1) is 0 Å². The summed E-state index contributed by atoms with van der Waals surface area (Å²) in [5, 5.41) is 21.4. The second kappa shape index (κ2) is 7.18. The van der Waals surface area contributed by atoms with E-state index in [1.807, 2.05) is 6.08 Å². The molecule has 0 bridgehead atoms. The standard InChI is InChI=1S/C25H44O3Si/c1-23(2,3)29(5,6)28-16-25-14-11-18(26)15-17(25)7-8-19-20-9-10-22(27)24(20,4)13-12-21(19)25/h7,18-22,26-27H,8-16H2,1-6H3/t18-,19-,20-,21-,22-,24-,25+/m0/s1/i8D2. The average Bonchev–Trinajstić information content (AvgIpc) is 2.94. The van der Waals surface area contributed by atoms with Gasteiger partial charge in [-0.3, -0.25) is 0 Å². The molecule has 3 saturated carbocycles. The van der Waals surface area contributed by atoms with Gasteiger partial charge in [0.05, 0.1) is 12.2 Å². The van der Waals surface area contributed by atoms with Crippen molar-refractivity contribution in [2.24, 2.45) is 28.6 Å². The highest BCUT2D eigenvalue weighted by atomic mass is 28.4. The largest absolute Gasteiger partial charge is 0.416 e. The minimum Gasteiger partial charge on any atom is -0.416 e. The molecule has 0 aliphatic heterocycles. The highest BCUT2D eigenvalue weighted by Gasteiger charge is 2.60. The predicted octanol–water partition coefficient (Wildman–Crippen LogP) is 5.67. The van der Waals surface area contributed by atoms with E-state index >= 15 is 0 Å². The lowest BCUT2D eigenvalue weighted by Gasteiger charge is -2.59. The highest BCUT2D eigenvalue weighted by Crippen LogP contribution is 2.65. The zero-order valence-corrected chi connectivity index (χ0v) is 20.4. The average molecular weight is 423 g/mol. The van der Waals surface area contributed by atoms with Gasteiger partial charge in [0, 0.05) is 14.8 Å². The van der Waals surface area contributed by atoms with Crippen molar-refractivity contribution in [2.45, 2.75) is 109 Å². The van der Waals surface area contributed by atoms with E-state index in [2.05, 4.69) is 40.8 Å². The normalized spacial score (nSPS) is 48.0. The van der Waals surface area contributed by atoms with Crippen LogP contribution in [0.4, 0.5) is 0 Å². The Morgan fingerprint density at radius 3 is 2.55 bits per heavy atom. The van der Waals surface area contributed by atoms with Gasteiger partial charge in [0.1, 0.15) is 0 Å². The fraction of sp³-hybridized carbons (Fsp3) is 0.920. The molecule has 2 N–H and O–H groups in total. The molecule has 0 spiro atoms. The van der Waals surface area contributed by atoms with Crippen LogP contribution in [0, 0.1) is 28.6 Å². The van der Waals surface area contributed by atoms with Crippen LogP contribution in [-0.4, -0.2) is 37.3 Å². The molecule has 0 aromatic rings. The van der Waals surface area contributed by atoms with Crippen molar-refractivity contribution < 1.29 is 17.4 Å². The molecule has 0 aromatic heterocycles. The molecule has 0 radical (unpaired) electrons. The second-order valence-electron chi connectivity index (χ2n) is 12.3. The van der Waals surface area contributed by atoms with Crippen LogP contribution >= 0.6 is 0 Å². The van der Waals surface area contributed by atoms with Gasteiger partial charge in [0.25, 0.3) is 0 Å². The lowest BCUT2D eigenvalue weighted by atomic mass is 9.47. The molecule has 3 nitrogen and oxygen atoms in total. The molecule has 4 aliphatic rings. The zero-order valence-electron chi connectivity index (χ0n) is 21.4. The van der Waals surface area contributed by atoms with Crippen molar-refractivity contribution >= 4 is 8.32 Å². The van der Waals surface area contributed by atoms with Crippen LogP contribution < -0.4 is 0 Å². The first-order chi connectivity index (χ1) is 14.1. The maximum Gasteiger partial charge on any atom is 0.192 e. The number of fused-ring (bicyclic) bond motifs is 5. The van der Waals surface area contributed by atoms with Crippen LogP contribution in [-0.2, 0) is 4.43 Å². The molecule has 4 rings (SSSR count). The maximum atomic E-state index is 10.8. The summed E-state index contributed by atoms with van der Waals surface area (Å²) in [7, 11) is -1.96. The molecule has 4 aliphatic carbocycles. The number of aliphatic hydroxyl groups is 2. The van der Waals surface area contributed by atoms with Crippen LogP contribution in [0.25, 0.3) is 0 Å². The first-order valence-corrected chi connectivity index (χ1v) is 14.8. The van der Waals surface area contributed by atoms with E-state index in [9.17, 15) is 10.2 Å². The molecule has 166 valence electrons. The van der Waals surface area contributed by atoms with E-state index in [0.29, 0.717) is 13.0 Å². The monoisotopic (exact) mass is 422 g/mol. The van der Waals surface area contributed by atoms with Crippen molar-refractivity contribution in [2.75, 3.05) is 6.61 Å². The van der Waals surface area contributed by atoms with Crippen LogP contribution in [0.15, 0.2) is 11.6 Å². The summed E-state index contributed by atoms with van der Waals surface area (Å²) in [5.74, 6) is 0.360. The van der Waals surface area contributed by atoms with E-state index in [-0.39, 0.29) is 45.8 Å². The summed E-state index contributed by atoms with van der Waals surface area (Å²) in [6.45, 7) is 14.3. The number of hydrogen-bond donors (Lipinski definition) is 2. The van der Waals surface area contributed by atoms with E-state index in [0.717, 1.165) is 44.1 Å². The smallest absolute Gasteiger partial charge is 0.192 e. The van der Waals surface area contributed by atoms with Gasteiger partial charge in [0.15, 0.2) is 8.32 Å². The fourth-order valence-electron chi connectivity index (χ4n) is 6.73. The number of hydrogen-bond acceptors (Lipinski definition) is 3. The Hall–Kier alpha value is -0.163. The van der Waals surface area contributed by atoms with E-state index < -0.39 is 14.7 Å². The summed E-state index contributed by atoms with van der Waals surface area (Å²) in [5.41, 5.74) is 0.772. The third-order valence-electron chi connectivity index (χ3n) is 9.90. The number of rotatable bonds is 3. The van der Waals surface area contributed by atoms with Crippen LogP contribution in [0.1, 0.15) is 81.8 Å². The molecular weight excluding hydrogens is 376 g/mol. The molecule has 0 unspecified atom stereocenters. The van der Waals surface area contributed by atoms with Crippen molar-refractivity contribution in [1.82, 2.24) is 0 Å². The highest BCUT2D eigenvalue weighted by molar-refractivity contribution is 6.74. The minimum absolute atomic E-state index is 0.0783. The Labute approximate surface area is 182 Å². The Morgan fingerprint density at radius 2 is 1.86 bits per heavy atom. The summed E-state index contributed by atoms with van der Waals surface area (Å²) in [6.07, 6.45) is 5.67. The SMILES string of the molecule is [2H]C1([2H])C=C2C[C@@H](O)CC[C@]2(CO[Si](C)(C)C(C)(C)C)[C@H]2CC[C@]3(C)[C@@H](O)CC[C@H]3[C@@H]21. The molecule has 0 heterocycles. The van der Waals surface area contributed by atoms with Crippen LogP contribution in [0.2, 0.25) is 18.1 Å². The van der Waals surface area contributed by atoms with E-state index in [1.54, 1.807) is 0 Å². The third-order valence-corrected chi connectivity index (χ3v) is 14.4. The van der Waals surface area contributed by atoms with Gasteiger partial charge in [-0.05, 0) is 92.6 Å². The third kappa shape index (κ3) is 3.41. The Bertz CT molecular complexity index is 746. The molecular formula is C25H44O3Si. The van der Waals surface area contributed by atoms with Crippen molar-refractivity contribution in [1.29, 1.82) is 0 Å². The predicted molar refractivity (Wildman–Crippen MR) is 121 cm³/mol. The quantitative estimate of drug-likeness (QED) is 0.455. The van der Waals surface area contributed by atoms with Gasteiger partial charge in [-0.1, -0.05) is 39.3 Å². The van der Waals surface area contributed by atoms with Crippen LogP contribution in [0.5, 0.6) is 0 Å². The van der Waals surface area contributed by atoms with Gasteiger partial charge < -0.3 is 14.6 Å². The van der Waals surface area contributed by atoms with Gasteiger partial charge in [0.2, 0.25) is 0 Å². The minimum atomic E-state index is -1.96. The van der Waals surface area contributed by atoms with E-state index in [4.69, 9.17) is 7.17 Å². The van der Waals surface area contributed by atoms with Gasteiger partial charge in [-0.25, -0.2) is 0 Å². The molecule has 0 aromatic carbocycles. The number of allylic oxidation sites excluding steroid dienone is 1. The Balaban J connectivity index is 1.75. The first kappa shape index (κ1) is 19.5. The molecule has 3 fully saturated rings. The Morgan fingerprint density at radius 1 is 1.14 bits per heavy atom. The van der Waals surface area contributed by atoms with Crippen LogP contribution in [0.3, 0.4) is 0 Å². The van der Waals surface area contributed by atoms with E-state index in [1.165, 1.54) is 0 Å². The molecule has 7 atom stereocenters. The fourth-order valence-corrected chi connectivity index (χ4v) is 7.78. The maximum absolute atomic E-state index is 10.8. The lowest BCUT2D eigenvalue weighted by Crippen LogP contribution is -2.55. The molecule has 4 heteroatoms. The molecule has 0 amide bonds. The summed E-state index contributed by atoms with van der Waals surface area (Å²) >= 11 is 0. The summed E-state index contributed by atoms with van der Waals surface area (Å²) in [4.78, 5) is 0. The van der Waals surface area contributed by atoms with Crippen molar-refractivity contribution in [3.05, 3.63) is 11.6 Å². The topological polar surface area (TPSA) is 49.7 Å². The summed E-state index contributed by atoms with van der Waals surface area (Å²) < 4.78 is 25.0. The number of aliphatic hydroxyl groups excluding tert-OH is 2. The van der Waals surface area contributed by atoms with Crippen molar-refractivity contribution in [3.8, 4) is 0 Å². The van der Waals surface area contributed by atoms with Crippen molar-refractivity contribution in [3.63, 3.8) is 0 Å². The lowest BCUT2D eigenvalue weighted by molar-refractivity contribution is -0.0873. The zero-order chi connectivity index (χ0) is 23.0. The second-order valence-corrected chi connectivity index (χ2v) is 17.1. The van der Waals surface area contributed by atoms with Gasteiger partial charge >= 0.3 is 0 Å². The molecule has 0 saturated heterocycles. The first-order valence-electron chi connectivity index (χ1n) is 12.9.